The van der Waals surface area contributed by atoms with Crippen LogP contribution in [-0.4, -0.2) is 29.3 Å². The van der Waals surface area contributed by atoms with Crippen LogP contribution in [0, 0.1) is 0 Å². The Hall–Kier alpha value is -2.41. The number of halogens is 1. The second-order valence-electron chi connectivity index (χ2n) is 4.49. The molecule has 7 heteroatoms. The van der Waals surface area contributed by atoms with Crippen LogP contribution < -0.4 is 5.32 Å². The number of aromatic amines is 1. The number of anilines is 1. The molecular formula is C15H13BrN2O4. The summed E-state index contributed by atoms with van der Waals surface area (Å²) in [6, 6.07) is 8.38. The summed E-state index contributed by atoms with van der Waals surface area (Å²) in [7, 11) is 0. The van der Waals surface area contributed by atoms with Crippen molar-refractivity contribution in [2.75, 3.05) is 11.9 Å². The molecule has 2 rings (SSSR count). The number of ether oxygens (including phenoxy) is 1. The van der Waals surface area contributed by atoms with Gasteiger partial charge in [-0.15, -0.1) is 0 Å². The first-order valence-corrected chi connectivity index (χ1v) is 7.17. The molecule has 1 amide bonds. The van der Waals surface area contributed by atoms with Crippen LogP contribution in [0.3, 0.4) is 0 Å². The number of H-pyrrole nitrogens is 1. The number of benzene rings is 1. The molecule has 0 aliphatic carbocycles. The third-order valence-electron chi connectivity index (χ3n) is 2.77. The number of carbonyl (C=O) groups is 3. The van der Waals surface area contributed by atoms with Crippen LogP contribution in [0.1, 0.15) is 27.8 Å². The van der Waals surface area contributed by atoms with E-state index in [0.29, 0.717) is 11.3 Å². The zero-order chi connectivity index (χ0) is 16.1. The van der Waals surface area contributed by atoms with Crippen molar-refractivity contribution in [3.8, 4) is 0 Å². The summed E-state index contributed by atoms with van der Waals surface area (Å²) < 4.78 is 5.77. The van der Waals surface area contributed by atoms with Crippen molar-refractivity contribution in [1.82, 2.24) is 4.98 Å². The highest BCUT2D eigenvalue weighted by Crippen LogP contribution is 2.14. The quantitative estimate of drug-likeness (QED) is 0.630. The Balaban J connectivity index is 1.86. The van der Waals surface area contributed by atoms with Crippen molar-refractivity contribution >= 4 is 39.3 Å². The van der Waals surface area contributed by atoms with E-state index in [-0.39, 0.29) is 11.5 Å². The van der Waals surface area contributed by atoms with E-state index in [9.17, 15) is 14.4 Å². The minimum atomic E-state index is -0.696. The molecule has 0 saturated carbocycles. The highest BCUT2D eigenvalue weighted by atomic mass is 79.9. The van der Waals surface area contributed by atoms with E-state index in [0.717, 1.165) is 4.47 Å². The lowest BCUT2D eigenvalue weighted by atomic mass is 10.2. The molecule has 0 radical (unpaired) electrons. The van der Waals surface area contributed by atoms with Crippen molar-refractivity contribution < 1.29 is 19.1 Å². The van der Waals surface area contributed by atoms with E-state index in [2.05, 4.69) is 26.2 Å². The fraction of sp³-hybridized carbons (Fsp3) is 0.133. The first-order chi connectivity index (χ1) is 10.5. The predicted octanol–water partition coefficient (Wildman–Crippen LogP) is 2.78. The number of aromatic nitrogens is 1. The summed E-state index contributed by atoms with van der Waals surface area (Å²) in [6.07, 6.45) is 1.42. The van der Waals surface area contributed by atoms with Gasteiger partial charge in [-0.25, -0.2) is 4.79 Å². The molecule has 0 aliphatic heterocycles. The number of hydrogen-bond acceptors (Lipinski definition) is 4. The van der Waals surface area contributed by atoms with Gasteiger partial charge in [0.25, 0.3) is 5.91 Å². The minimum Gasteiger partial charge on any atom is -0.451 e. The molecule has 0 unspecified atom stereocenters. The number of ketones is 1. The zero-order valence-corrected chi connectivity index (χ0v) is 13.3. The summed E-state index contributed by atoms with van der Waals surface area (Å²) >= 11 is 3.29. The SMILES string of the molecule is CC(=O)c1c[nH]c(C(=O)OCC(=O)Nc2ccc(Br)cc2)c1. The number of amides is 1. The van der Waals surface area contributed by atoms with Crippen LogP contribution in [0.25, 0.3) is 0 Å². The molecule has 1 aromatic heterocycles. The third-order valence-corrected chi connectivity index (χ3v) is 3.30. The van der Waals surface area contributed by atoms with Crippen LogP contribution in [-0.2, 0) is 9.53 Å². The molecule has 0 aliphatic rings. The zero-order valence-electron chi connectivity index (χ0n) is 11.7. The Morgan fingerprint density at radius 2 is 1.91 bits per heavy atom. The second kappa shape index (κ2) is 7.04. The lowest BCUT2D eigenvalue weighted by Crippen LogP contribution is -2.21. The van der Waals surface area contributed by atoms with Gasteiger partial charge in [0, 0.05) is 21.9 Å². The Kier molecular flexibility index (Phi) is 5.11. The lowest BCUT2D eigenvalue weighted by Gasteiger charge is -2.06. The van der Waals surface area contributed by atoms with E-state index in [4.69, 9.17) is 4.74 Å². The Morgan fingerprint density at radius 1 is 1.23 bits per heavy atom. The Morgan fingerprint density at radius 3 is 2.50 bits per heavy atom. The largest absolute Gasteiger partial charge is 0.451 e. The standard InChI is InChI=1S/C15H13BrN2O4/c1-9(19)10-6-13(17-7-10)15(21)22-8-14(20)18-12-4-2-11(16)3-5-12/h2-7,17H,8H2,1H3,(H,18,20). The van der Waals surface area contributed by atoms with Gasteiger partial charge in [-0.1, -0.05) is 15.9 Å². The molecule has 0 fully saturated rings. The molecule has 0 atom stereocenters. The van der Waals surface area contributed by atoms with Crippen molar-refractivity contribution in [2.45, 2.75) is 6.92 Å². The molecule has 6 nitrogen and oxygen atoms in total. The normalized spacial score (nSPS) is 10.1. The first kappa shape index (κ1) is 16.0. The number of nitrogens with one attached hydrogen (secondary N) is 2. The molecule has 22 heavy (non-hydrogen) atoms. The smallest absolute Gasteiger partial charge is 0.355 e. The van der Waals surface area contributed by atoms with Gasteiger partial charge >= 0.3 is 5.97 Å². The maximum Gasteiger partial charge on any atom is 0.355 e. The third kappa shape index (κ3) is 4.29. The van der Waals surface area contributed by atoms with Gasteiger partial charge < -0.3 is 15.0 Å². The summed E-state index contributed by atoms with van der Waals surface area (Å²) in [4.78, 5) is 37.2. The van der Waals surface area contributed by atoms with Crippen LogP contribution in [0.5, 0.6) is 0 Å². The van der Waals surface area contributed by atoms with Gasteiger partial charge in [0.2, 0.25) is 0 Å². The number of rotatable bonds is 5. The molecule has 1 aromatic carbocycles. The van der Waals surface area contributed by atoms with Gasteiger partial charge in [0.1, 0.15) is 5.69 Å². The average molecular weight is 365 g/mol. The molecule has 2 aromatic rings. The second-order valence-corrected chi connectivity index (χ2v) is 5.41. The first-order valence-electron chi connectivity index (χ1n) is 6.37. The number of esters is 1. The molecular weight excluding hydrogens is 352 g/mol. The number of carbonyl (C=O) groups excluding carboxylic acids is 3. The van der Waals surface area contributed by atoms with Gasteiger partial charge in [-0.3, -0.25) is 9.59 Å². The fourth-order valence-corrected chi connectivity index (χ4v) is 1.92. The van der Waals surface area contributed by atoms with E-state index in [1.165, 1.54) is 19.2 Å². The van der Waals surface area contributed by atoms with Gasteiger partial charge in [0.05, 0.1) is 0 Å². The monoisotopic (exact) mass is 364 g/mol. The average Bonchev–Trinajstić information content (AvgIpc) is 2.97. The van der Waals surface area contributed by atoms with Gasteiger partial charge in [-0.2, -0.15) is 0 Å². The molecule has 0 bridgehead atoms. The van der Waals surface area contributed by atoms with E-state index in [1.807, 2.05) is 0 Å². The highest BCUT2D eigenvalue weighted by molar-refractivity contribution is 9.10. The van der Waals surface area contributed by atoms with Crippen LogP contribution in [0.4, 0.5) is 5.69 Å². The molecule has 2 N–H and O–H groups in total. The van der Waals surface area contributed by atoms with Gasteiger partial charge in [0.15, 0.2) is 12.4 Å². The Labute approximate surface area is 135 Å². The van der Waals surface area contributed by atoms with Crippen molar-refractivity contribution in [3.63, 3.8) is 0 Å². The van der Waals surface area contributed by atoms with Crippen LogP contribution >= 0.6 is 15.9 Å². The van der Waals surface area contributed by atoms with Crippen molar-refractivity contribution in [2.24, 2.45) is 0 Å². The van der Waals surface area contributed by atoms with E-state index < -0.39 is 18.5 Å². The molecule has 0 spiro atoms. The lowest BCUT2D eigenvalue weighted by molar-refractivity contribution is -0.119. The van der Waals surface area contributed by atoms with Crippen molar-refractivity contribution in [3.05, 3.63) is 52.3 Å². The maximum atomic E-state index is 11.7. The van der Waals surface area contributed by atoms with Gasteiger partial charge in [-0.05, 0) is 37.3 Å². The number of hydrogen-bond donors (Lipinski definition) is 2. The Bertz CT molecular complexity index is 707. The molecule has 0 saturated heterocycles. The fourth-order valence-electron chi connectivity index (χ4n) is 1.65. The van der Waals surface area contributed by atoms with E-state index >= 15 is 0 Å². The summed E-state index contributed by atoms with van der Waals surface area (Å²) in [5.41, 5.74) is 1.11. The van der Waals surface area contributed by atoms with Crippen molar-refractivity contribution in [1.29, 1.82) is 0 Å². The summed E-state index contributed by atoms with van der Waals surface area (Å²) in [6.45, 7) is 0.979. The molecule has 114 valence electrons. The predicted molar refractivity (Wildman–Crippen MR) is 83.9 cm³/mol. The highest BCUT2D eigenvalue weighted by Gasteiger charge is 2.13. The maximum absolute atomic E-state index is 11.7. The molecule has 1 heterocycles. The minimum absolute atomic E-state index is 0.127. The van der Waals surface area contributed by atoms with Crippen LogP contribution in [0.2, 0.25) is 0 Å². The topological polar surface area (TPSA) is 88.3 Å². The van der Waals surface area contributed by atoms with E-state index in [1.54, 1.807) is 24.3 Å². The van der Waals surface area contributed by atoms with Crippen LogP contribution in [0.15, 0.2) is 41.0 Å². The summed E-state index contributed by atoms with van der Waals surface area (Å²) in [5, 5.41) is 2.60. The summed E-state index contributed by atoms with van der Waals surface area (Å²) in [5.74, 6) is -1.31. The number of Topliss-reactive ketones (excluding diaryl/α,β-unsaturated/α-hetero) is 1.